The molecule has 1 aromatic rings. The van der Waals surface area contributed by atoms with Gasteiger partial charge in [0.1, 0.15) is 0 Å². The lowest BCUT2D eigenvalue weighted by Gasteiger charge is -2.27. The fourth-order valence-electron chi connectivity index (χ4n) is 1.91. The summed E-state index contributed by atoms with van der Waals surface area (Å²) >= 11 is 3.38. The summed E-state index contributed by atoms with van der Waals surface area (Å²) in [7, 11) is 0. The highest BCUT2D eigenvalue weighted by Crippen LogP contribution is 2.26. The van der Waals surface area contributed by atoms with Crippen molar-refractivity contribution in [2.24, 2.45) is 0 Å². The van der Waals surface area contributed by atoms with E-state index >= 15 is 0 Å². The number of ketones is 1. The third-order valence-electron chi connectivity index (χ3n) is 2.72. The Morgan fingerprint density at radius 1 is 1.31 bits per heavy atom. The molecule has 2 rings (SSSR count). The molecule has 0 spiro atoms. The number of nitrogens with zero attached hydrogens (tertiary/aromatic N) is 1. The van der Waals surface area contributed by atoms with Gasteiger partial charge in [0, 0.05) is 23.1 Å². The van der Waals surface area contributed by atoms with Gasteiger partial charge < -0.3 is 4.90 Å². The fraction of sp³-hybridized carbons (Fsp3) is 0.333. The Morgan fingerprint density at radius 3 is 2.75 bits per heavy atom. The molecule has 1 aliphatic heterocycles. The number of carbonyl (C=O) groups is 2. The van der Waals surface area contributed by atoms with Gasteiger partial charge in [0.15, 0.2) is 0 Å². The highest BCUT2D eigenvalue weighted by atomic mass is 79.9. The molecule has 0 saturated carbocycles. The van der Waals surface area contributed by atoms with Crippen LogP contribution < -0.4 is 4.90 Å². The van der Waals surface area contributed by atoms with E-state index in [1.807, 2.05) is 25.1 Å². The van der Waals surface area contributed by atoms with Gasteiger partial charge in [-0.15, -0.1) is 0 Å². The van der Waals surface area contributed by atoms with Crippen LogP contribution in [0.3, 0.4) is 0 Å². The van der Waals surface area contributed by atoms with E-state index in [0.717, 1.165) is 22.1 Å². The molecular formula is C12H12BrNO2. The number of rotatable bonds is 1. The summed E-state index contributed by atoms with van der Waals surface area (Å²) in [4.78, 5) is 24.7. The van der Waals surface area contributed by atoms with E-state index in [4.69, 9.17) is 0 Å². The molecule has 16 heavy (non-hydrogen) atoms. The lowest BCUT2D eigenvalue weighted by molar-refractivity contribution is -0.137. The Labute approximate surface area is 103 Å². The highest BCUT2D eigenvalue weighted by Gasteiger charge is 2.27. The first kappa shape index (κ1) is 11.3. The fourth-order valence-corrected chi connectivity index (χ4v) is 2.38. The number of hydrogen-bond acceptors (Lipinski definition) is 2. The van der Waals surface area contributed by atoms with Crippen LogP contribution in [0, 0.1) is 6.92 Å². The number of piperidine rings is 1. The van der Waals surface area contributed by atoms with E-state index in [-0.39, 0.29) is 11.7 Å². The zero-order valence-corrected chi connectivity index (χ0v) is 10.6. The van der Waals surface area contributed by atoms with Crippen molar-refractivity contribution in [1.82, 2.24) is 0 Å². The summed E-state index contributed by atoms with van der Waals surface area (Å²) in [6.07, 6.45) is 1.13. The summed E-state index contributed by atoms with van der Waals surface area (Å²) < 4.78 is 0.976. The number of aryl methyl sites for hydroxylation is 1. The predicted octanol–water partition coefficient (Wildman–Crippen LogP) is 2.45. The summed E-state index contributed by atoms with van der Waals surface area (Å²) in [5.41, 5.74) is 1.83. The number of anilines is 1. The largest absolute Gasteiger partial charge is 0.306 e. The van der Waals surface area contributed by atoms with Gasteiger partial charge in [-0.3, -0.25) is 9.59 Å². The molecule has 3 nitrogen and oxygen atoms in total. The second-order valence-corrected chi connectivity index (χ2v) is 4.83. The number of Topliss-reactive ketones (excluding diaryl/α,β-unsaturated/α-hetero) is 1. The van der Waals surface area contributed by atoms with Crippen molar-refractivity contribution in [1.29, 1.82) is 0 Å². The standard InChI is InChI=1S/C12H12BrNO2/c1-8-7-9(13)4-5-10(8)14-6-2-3-11(15)12(14)16/h4-5,7H,2-3,6H2,1H3. The quantitative estimate of drug-likeness (QED) is 0.742. The van der Waals surface area contributed by atoms with Gasteiger partial charge in [0.05, 0.1) is 0 Å². The van der Waals surface area contributed by atoms with Crippen molar-refractivity contribution in [3.05, 3.63) is 28.2 Å². The molecule has 1 amide bonds. The molecule has 1 fully saturated rings. The van der Waals surface area contributed by atoms with Gasteiger partial charge in [0.2, 0.25) is 5.78 Å². The topological polar surface area (TPSA) is 37.4 Å². The van der Waals surface area contributed by atoms with E-state index in [1.54, 1.807) is 4.90 Å². The maximum Gasteiger partial charge on any atom is 0.294 e. The number of amides is 1. The van der Waals surface area contributed by atoms with Gasteiger partial charge >= 0.3 is 0 Å². The molecule has 0 unspecified atom stereocenters. The molecule has 1 aliphatic rings. The lowest BCUT2D eigenvalue weighted by Crippen LogP contribution is -2.41. The van der Waals surface area contributed by atoms with E-state index in [1.165, 1.54) is 0 Å². The Balaban J connectivity index is 2.36. The van der Waals surface area contributed by atoms with Gasteiger partial charge in [-0.1, -0.05) is 15.9 Å². The maximum atomic E-state index is 11.7. The molecular weight excluding hydrogens is 270 g/mol. The Kier molecular flexibility index (Phi) is 3.10. The smallest absolute Gasteiger partial charge is 0.294 e. The van der Waals surface area contributed by atoms with Gasteiger partial charge in [-0.2, -0.15) is 0 Å². The van der Waals surface area contributed by atoms with Gasteiger partial charge in [-0.25, -0.2) is 0 Å². The van der Waals surface area contributed by atoms with Crippen LogP contribution in [0.5, 0.6) is 0 Å². The van der Waals surface area contributed by atoms with Crippen molar-refractivity contribution in [2.75, 3.05) is 11.4 Å². The van der Waals surface area contributed by atoms with Crippen LogP contribution in [0.15, 0.2) is 22.7 Å². The van der Waals surface area contributed by atoms with Gasteiger partial charge in [-0.05, 0) is 37.1 Å². The summed E-state index contributed by atoms with van der Waals surface area (Å²) in [6.45, 7) is 2.57. The molecule has 0 N–H and O–H groups in total. The zero-order valence-electron chi connectivity index (χ0n) is 9.00. The average Bonchev–Trinajstić information content (AvgIpc) is 2.23. The van der Waals surface area contributed by atoms with Crippen LogP contribution in [0.4, 0.5) is 5.69 Å². The molecule has 1 heterocycles. The average molecular weight is 282 g/mol. The molecule has 1 aromatic carbocycles. The normalized spacial score (nSPS) is 16.8. The molecule has 84 valence electrons. The van der Waals surface area contributed by atoms with Crippen LogP contribution in [-0.2, 0) is 9.59 Å². The predicted molar refractivity (Wildman–Crippen MR) is 65.5 cm³/mol. The van der Waals surface area contributed by atoms with Crippen LogP contribution in [0.2, 0.25) is 0 Å². The molecule has 0 aliphatic carbocycles. The maximum absolute atomic E-state index is 11.7. The van der Waals surface area contributed by atoms with E-state index in [0.29, 0.717) is 13.0 Å². The first-order valence-electron chi connectivity index (χ1n) is 5.20. The first-order chi connectivity index (χ1) is 7.59. The summed E-state index contributed by atoms with van der Waals surface area (Å²) in [6, 6.07) is 5.70. The second-order valence-electron chi connectivity index (χ2n) is 3.91. The van der Waals surface area contributed by atoms with Crippen LogP contribution in [0.1, 0.15) is 18.4 Å². The molecule has 0 bridgehead atoms. The van der Waals surface area contributed by atoms with Gasteiger partial charge in [0.25, 0.3) is 5.91 Å². The molecule has 0 radical (unpaired) electrons. The van der Waals surface area contributed by atoms with Crippen molar-refractivity contribution < 1.29 is 9.59 Å². The number of benzene rings is 1. The second kappa shape index (κ2) is 4.37. The van der Waals surface area contributed by atoms with Crippen molar-refractivity contribution in [2.45, 2.75) is 19.8 Å². The SMILES string of the molecule is Cc1cc(Br)ccc1N1CCCC(=O)C1=O. The Bertz CT molecular complexity index is 456. The van der Waals surface area contributed by atoms with Crippen LogP contribution in [-0.4, -0.2) is 18.2 Å². The Hall–Kier alpha value is -1.16. The minimum absolute atomic E-state index is 0.284. The number of hydrogen-bond donors (Lipinski definition) is 0. The van der Waals surface area contributed by atoms with Crippen molar-refractivity contribution in [3.8, 4) is 0 Å². The summed E-state index contributed by atoms with van der Waals surface area (Å²) in [5.74, 6) is -0.662. The first-order valence-corrected chi connectivity index (χ1v) is 6.00. The van der Waals surface area contributed by atoms with E-state index in [9.17, 15) is 9.59 Å². The molecule has 4 heteroatoms. The molecule has 0 aromatic heterocycles. The molecule has 0 atom stereocenters. The third kappa shape index (κ3) is 2.02. The molecule has 1 saturated heterocycles. The number of carbonyl (C=O) groups excluding carboxylic acids is 2. The monoisotopic (exact) mass is 281 g/mol. The van der Waals surface area contributed by atoms with E-state index < -0.39 is 0 Å². The zero-order chi connectivity index (χ0) is 11.7. The lowest BCUT2D eigenvalue weighted by atomic mass is 10.1. The third-order valence-corrected chi connectivity index (χ3v) is 3.21. The van der Waals surface area contributed by atoms with Crippen molar-refractivity contribution in [3.63, 3.8) is 0 Å². The van der Waals surface area contributed by atoms with Crippen LogP contribution in [0.25, 0.3) is 0 Å². The minimum atomic E-state index is -0.378. The Morgan fingerprint density at radius 2 is 2.06 bits per heavy atom. The van der Waals surface area contributed by atoms with E-state index in [2.05, 4.69) is 15.9 Å². The summed E-state index contributed by atoms with van der Waals surface area (Å²) in [5, 5.41) is 0. The number of halogens is 1. The van der Waals surface area contributed by atoms with Crippen molar-refractivity contribution >= 4 is 33.3 Å². The highest BCUT2D eigenvalue weighted by molar-refractivity contribution is 9.10. The minimum Gasteiger partial charge on any atom is -0.306 e. The van der Waals surface area contributed by atoms with Crippen LogP contribution >= 0.6 is 15.9 Å².